The summed E-state index contributed by atoms with van der Waals surface area (Å²) in [6.45, 7) is 0. The third-order valence-corrected chi connectivity index (χ3v) is 11.8. The highest BCUT2D eigenvalue weighted by Gasteiger charge is 2.51. The molecule has 0 fully saturated rings. The molecule has 0 radical (unpaired) electrons. The van der Waals surface area contributed by atoms with Gasteiger partial charge in [0.25, 0.3) is 0 Å². The molecular formula is C53H32N2O2. The molecule has 1 aliphatic heterocycles. The van der Waals surface area contributed by atoms with E-state index in [1.807, 2.05) is 36.4 Å². The van der Waals surface area contributed by atoms with Crippen molar-refractivity contribution in [1.29, 1.82) is 0 Å². The van der Waals surface area contributed by atoms with Crippen LogP contribution in [0.2, 0.25) is 0 Å². The number of nitrogens with zero attached hydrogens (tertiary/aromatic N) is 2. The number of rotatable bonds is 4. The number of para-hydroxylation sites is 2. The smallest absolute Gasteiger partial charge is 0.161 e. The quantitative estimate of drug-likeness (QED) is 0.181. The monoisotopic (exact) mass is 728 g/mol. The highest BCUT2D eigenvalue weighted by Crippen LogP contribution is 2.62. The van der Waals surface area contributed by atoms with E-state index >= 15 is 0 Å². The summed E-state index contributed by atoms with van der Waals surface area (Å²) >= 11 is 0. The minimum atomic E-state index is -0.561. The lowest BCUT2D eigenvalue weighted by atomic mass is 9.65. The Labute approximate surface area is 329 Å². The van der Waals surface area contributed by atoms with Gasteiger partial charge in [-0.2, -0.15) is 0 Å². The Balaban J connectivity index is 1.07. The van der Waals surface area contributed by atoms with Gasteiger partial charge in [0.15, 0.2) is 5.82 Å². The highest BCUT2D eigenvalue weighted by molar-refractivity contribution is 6.06. The lowest BCUT2D eigenvalue weighted by Gasteiger charge is -2.39. The molecule has 10 aromatic rings. The zero-order valence-corrected chi connectivity index (χ0v) is 30.7. The molecule has 0 atom stereocenters. The van der Waals surface area contributed by atoms with Gasteiger partial charge in [-0.3, -0.25) is 0 Å². The largest absolute Gasteiger partial charge is 0.457 e. The maximum absolute atomic E-state index is 6.75. The highest BCUT2D eigenvalue weighted by atomic mass is 16.5. The van der Waals surface area contributed by atoms with Crippen molar-refractivity contribution < 1.29 is 9.15 Å². The van der Waals surface area contributed by atoms with Gasteiger partial charge >= 0.3 is 0 Å². The lowest BCUT2D eigenvalue weighted by molar-refractivity contribution is 0.436. The number of ether oxygens (including phenoxy) is 1. The van der Waals surface area contributed by atoms with Crippen molar-refractivity contribution in [1.82, 2.24) is 9.97 Å². The fourth-order valence-corrected chi connectivity index (χ4v) is 9.31. The molecule has 4 nitrogen and oxygen atoms in total. The molecule has 1 aliphatic carbocycles. The van der Waals surface area contributed by atoms with Crippen LogP contribution in [-0.4, -0.2) is 9.97 Å². The van der Waals surface area contributed by atoms with Crippen molar-refractivity contribution in [2.24, 2.45) is 0 Å². The van der Waals surface area contributed by atoms with E-state index in [2.05, 4.69) is 158 Å². The SMILES string of the molecule is c1ccc(-c2cc(-c3ccc4c(c3)oc3ccccc34)nc(-c3ccccc3-c3ccc4c(c3)C3(c5ccccc5O4)c4ccccc4-c4ccccc43)n2)cc1. The van der Waals surface area contributed by atoms with Gasteiger partial charge in [0.05, 0.1) is 16.8 Å². The van der Waals surface area contributed by atoms with Gasteiger partial charge in [-0.25, -0.2) is 9.97 Å². The lowest BCUT2D eigenvalue weighted by Crippen LogP contribution is -2.32. The molecule has 266 valence electrons. The molecule has 3 heterocycles. The Hall–Kier alpha value is -7.56. The van der Waals surface area contributed by atoms with Crippen LogP contribution in [0.15, 0.2) is 199 Å². The fraction of sp³-hybridized carbons (Fsp3) is 0.0189. The minimum Gasteiger partial charge on any atom is -0.457 e. The van der Waals surface area contributed by atoms with Crippen LogP contribution in [0.5, 0.6) is 11.5 Å². The minimum absolute atomic E-state index is 0.561. The van der Waals surface area contributed by atoms with E-state index in [1.54, 1.807) is 0 Å². The first-order valence-corrected chi connectivity index (χ1v) is 19.3. The molecule has 0 unspecified atom stereocenters. The van der Waals surface area contributed by atoms with Crippen LogP contribution in [0.25, 0.3) is 78.1 Å². The van der Waals surface area contributed by atoms with Gasteiger partial charge in [-0.1, -0.05) is 152 Å². The number of fused-ring (bicyclic) bond motifs is 12. The maximum Gasteiger partial charge on any atom is 0.161 e. The third-order valence-electron chi connectivity index (χ3n) is 11.8. The normalized spacial score (nSPS) is 13.2. The summed E-state index contributed by atoms with van der Waals surface area (Å²) in [6.07, 6.45) is 0. The second kappa shape index (κ2) is 12.2. The molecule has 2 aromatic heterocycles. The summed E-state index contributed by atoms with van der Waals surface area (Å²) < 4.78 is 13.1. The molecule has 1 spiro atoms. The Bertz CT molecular complexity index is 3190. The second-order valence-electron chi connectivity index (χ2n) is 14.8. The van der Waals surface area contributed by atoms with Crippen molar-refractivity contribution in [2.75, 3.05) is 0 Å². The first kappa shape index (κ1) is 31.8. The van der Waals surface area contributed by atoms with Crippen LogP contribution in [0.1, 0.15) is 22.3 Å². The Morgan fingerprint density at radius 1 is 0.351 bits per heavy atom. The van der Waals surface area contributed by atoms with E-state index < -0.39 is 5.41 Å². The summed E-state index contributed by atoms with van der Waals surface area (Å²) in [7, 11) is 0. The molecule has 0 bridgehead atoms. The Morgan fingerprint density at radius 2 is 0.930 bits per heavy atom. The van der Waals surface area contributed by atoms with Crippen LogP contribution < -0.4 is 4.74 Å². The van der Waals surface area contributed by atoms with Gasteiger partial charge < -0.3 is 9.15 Å². The average molecular weight is 729 g/mol. The molecule has 12 rings (SSSR count). The third kappa shape index (κ3) is 4.68. The van der Waals surface area contributed by atoms with E-state index in [0.29, 0.717) is 5.82 Å². The van der Waals surface area contributed by atoms with Gasteiger partial charge in [0.1, 0.15) is 22.7 Å². The molecule has 2 aliphatic rings. The zero-order chi connectivity index (χ0) is 37.5. The first-order chi connectivity index (χ1) is 28.2. The topological polar surface area (TPSA) is 48.2 Å². The predicted molar refractivity (Wildman–Crippen MR) is 228 cm³/mol. The summed E-state index contributed by atoms with van der Waals surface area (Å²) in [5, 5.41) is 2.19. The van der Waals surface area contributed by atoms with Gasteiger partial charge in [0.2, 0.25) is 0 Å². The molecule has 0 saturated carbocycles. The molecule has 4 heteroatoms. The summed E-state index contributed by atoms with van der Waals surface area (Å²) in [5.74, 6) is 2.38. The average Bonchev–Trinajstić information content (AvgIpc) is 3.80. The summed E-state index contributed by atoms with van der Waals surface area (Å²) in [6, 6.07) is 68.2. The Morgan fingerprint density at radius 3 is 1.72 bits per heavy atom. The molecule has 57 heavy (non-hydrogen) atoms. The van der Waals surface area contributed by atoms with E-state index in [1.165, 1.54) is 22.3 Å². The van der Waals surface area contributed by atoms with Crippen LogP contribution >= 0.6 is 0 Å². The summed E-state index contributed by atoms with van der Waals surface area (Å²) in [5.41, 5.74) is 15.1. The van der Waals surface area contributed by atoms with Crippen molar-refractivity contribution in [3.05, 3.63) is 216 Å². The molecule has 8 aromatic carbocycles. The standard InChI is InChI=1S/C53H32N2O2/c1-2-14-33(15-3-1)46-32-47(35-26-28-40-39-19-8-12-24-48(39)56-51(40)31-35)55-52(54-46)41-20-5-4-16-36(41)34-27-29-50-45(30-34)53(44-23-11-13-25-49(44)57-50)42-21-9-6-17-37(42)38-18-7-10-22-43(38)53/h1-32H. The van der Waals surface area contributed by atoms with Crippen molar-refractivity contribution >= 4 is 21.9 Å². The number of aromatic nitrogens is 2. The van der Waals surface area contributed by atoms with Crippen LogP contribution in [0.4, 0.5) is 0 Å². The van der Waals surface area contributed by atoms with Crippen molar-refractivity contribution in [3.8, 4) is 67.7 Å². The molecular weight excluding hydrogens is 697 g/mol. The molecule has 0 N–H and O–H groups in total. The molecule has 0 amide bonds. The van der Waals surface area contributed by atoms with E-state index in [9.17, 15) is 0 Å². The second-order valence-corrected chi connectivity index (χ2v) is 14.8. The van der Waals surface area contributed by atoms with Crippen LogP contribution in [0, 0.1) is 0 Å². The number of hydrogen-bond donors (Lipinski definition) is 0. The van der Waals surface area contributed by atoms with Gasteiger partial charge in [0, 0.05) is 38.6 Å². The maximum atomic E-state index is 6.75. The van der Waals surface area contributed by atoms with Gasteiger partial charge in [-0.05, 0) is 75.8 Å². The molecule has 0 saturated heterocycles. The van der Waals surface area contributed by atoms with E-state index in [4.69, 9.17) is 19.1 Å². The fourth-order valence-electron chi connectivity index (χ4n) is 9.31. The van der Waals surface area contributed by atoms with E-state index in [-0.39, 0.29) is 0 Å². The Kier molecular flexibility index (Phi) is 6.81. The predicted octanol–water partition coefficient (Wildman–Crippen LogP) is 13.5. The number of furan rings is 1. The van der Waals surface area contributed by atoms with Crippen molar-refractivity contribution in [3.63, 3.8) is 0 Å². The zero-order valence-electron chi connectivity index (χ0n) is 30.7. The number of hydrogen-bond acceptors (Lipinski definition) is 4. The van der Waals surface area contributed by atoms with Gasteiger partial charge in [-0.15, -0.1) is 0 Å². The number of benzene rings is 8. The van der Waals surface area contributed by atoms with Crippen LogP contribution in [-0.2, 0) is 5.41 Å². The van der Waals surface area contributed by atoms with E-state index in [0.717, 1.165) is 83.8 Å². The first-order valence-electron chi connectivity index (χ1n) is 19.3. The summed E-state index contributed by atoms with van der Waals surface area (Å²) in [4.78, 5) is 10.6. The van der Waals surface area contributed by atoms with Crippen LogP contribution in [0.3, 0.4) is 0 Å². The van der Waals surface area contributed by atoms with Crippen molar-refractivity contribution in [2.45, 2.75) is 5.41 Å².